The molecule has 2 aromatic rings. The van der Waals surface area contributed by atoms with Crippen LogP contribution in [0, 0.1) is 0 Å². The van der Waals surface area contributed by atoms with E-state index in [1.165, 1.54) is 0 Å². The molecule has 0 saturated carbocycles. The second-order valence-corrected chi connectivity index (χ2v) is 3.14. The molecule has 0 aliphatic heterocycles. The molecular formula is C8H10N8O. The van der Waals surface area contributed by atoms with Crippen molar-refractivity contribution >= 4 is 28.8 Å². The number of amides is 1. The fourth-order valence-electron chi connectivity index (χ4n) is 1.26. The lowest BCUT2D eigenvalue weighted by Gasteiger charge is -2.04. The van der Waals surface area contributed by atoms with Gasteiger partial charge in [0.2, 0.25) is 5.96 Å². The second kappa shape index (κ2) is 3.96. The monoisotopic (exact) mass is 234 g/mol. The van der Waals surface area contributed by atoms with E-state index in [4.69, 9.17) is 17.3 Å². The SMILES string of the molecule is NN=C(N)NC(=O)c1nc2cc[nH]c2nc1N. The van der Waals surface area contributed by atoms with Crippen LogP contribution in [-0.4, -0.2) is 26.8 Å². The third kappa shape index (κ3) is 1.93. The van der Waals surface area contributed by atoms with Gasteiger partial charge in [0.15, 0.2) is 17.2 Å². The molecule has 0 radical (unpaired) electrons. The molecule has 2 rings (SSSR count). The van der Waals surface area contributed by atoms with Crippen LogP contribution in [0.2, 0.25) is 0 Å². The highest BCUT2D eigenvalue weighted by Crippen LogP contribution is 2.12. The average Bonchev–Trinajstić information content (AvgIpc) is 2.74. The van der Waals surface area contributed by atoms with Gasteiger partial charge in [0.05, 0.1) is 0 Å². The molecule has 0 unspecified atom stereocenters. The van der Waals surface area contributed by atoms with Crippen molar-refractivity contribution in [2.24, 2.45) is 16.7 Å². The summed E-state index contributed by atoms with van der Waals surface area (Å²) in [5.74, 6) is 4.02. The molecule has 9 heteroatoms. The summed E-state index contributed by atoms with van der Waals surface area (Å²) in [6, 6.07) is 1.67. The number of anilines is 1. The van der Waals surface area contributed by atoms with Crippen LogP contribution in [0.4, 0.5) is 5.82 Å². The highest BCUT2D eigenvalue weighted by Gasteiger charge is 2.15. The molecule has 1 amide bonds. The normalized spacial score (nSPS) is 11.6. The number of hydrazone groups is 1. The van der Waals surface area contributed by atoms with Crippen LogP contribution in [0.25, 0.3) is 11.2 Å². The molecular weight excluding hydrogens is 224 g/mol. The van der Waals surface area contributed by atoms with Crippen LogP contribution in [0.1, 0.15) is 10.5 Å². The summed E-state index contributed by atoms with van der Waals surface area (Å²) in [6.45, 7) is 0. The Morgan fingerprint density at radius 3 is 2.94 bits per heavy atom. The van der Waals surface area contributed by atoms with Gasteiger partial charge in [-0.05, 0) is 6.07 Å². The zero-order valence-corrected chi connectivity index (χ0v) is 8.64. The van der Waals surface area contributed by atoms with Crippen LogP contribution >= 0.6 is 0 Å². The maximum atomic E-state index is 11.7. The van der Waals surface area contributed by atoms with Gasteiger partial charge in [0.1, 0.15) is 5.52 Å². The van der Waals surface area contributed by atoms with Crippen molar-refractivity contribution in [3.63, 3.8) is 0 Å². The first-order valence-electron chi connectivity index (χ1n) is 4.57. The summed E-state index contributed by atoms with van der Waals surface area (Å²) in [7, 11) is 0. The Balaban J connectivity index is 2.40. The minimum atomic E-state index is -0.621. The molecule has 0 fully saturated rings. The first-order chi connectivity index (χ1) is 8.11. The number of hydrogen-bond acceptors (Lipinski definition) is 6. The fourth-order valence-corrected chi connectivity index (χ4v) is 1.26. The summed E-state index contributed by atoms with van der Waals surface area (Å²) in [5, 5.41) is 5.32. The maximum Gasteiger partial charge on any atom is 0.280 e. The van der Waals surface area contributed by atoms with E-state index >= 15 is 0 Å². The zero-order chi connectivity index (χ0) is 12.4. The Kier molecular flexibility index (Phi) is 2.49. The number of fused-ring (bicyclic) bond motifs is 1. The van der Waals surface area contributed by atoms with Gasteiger partial charge in [0, 0.05) is 6.20 Å². The number of nitrogens with zero attached hydrogens (tertiary/aromatic N) is 3. The lowest BCUT2D eigenvalue weighted by molar-refractivity contribution is 0.0972. The van der Waals surface area contributed by atoms with Gasteiger partial charge in [0.25, 0.3) is 5.91 Å². The van der Waals surface area contributed by atoms with Gasteiger partial charge in [-0.15, -0.1) is 5.10 Å². The van der Waals surface area contributed by atoms with Crippen LogP contribution < -0.4 is 22.6 Å². The summed E-state index contributed by atoms with van der Waals surface area (Å²) >= 11 is 0. The highest BCUT2D eigenvalue weighted by atomic mass is 16.2. The van der Waals surface area contributed by atoms with E-state index in [1.54, 1.807) is 12.3 Å². The molecule has 17 heavy (non-hydrogen) atoms. The Hall–Kier alpha value is -2.84. The topological polar surface area (TPSA) is 161 Å². The number of nitrogens with one attached hydrogen (secondary N) is 2. The number of hydrogen-bond donors (Lipinski definition) is 5. The van der Waals surface area contributed by atoms with Crippen LogP contribution in [-0.2, 0) is 0 Å². The maximum absolute atomic E-state index is 11.7. The smallest absolute Gasteiger partial charge is 0.280 e. The predicted molar refractivity (Wildman–Crippen MR) is 61.6 cm³/mol. The van der Waals surface area contributed by atoms with Crippen LogP contribution in [0.5, 0.6) is 0 Å². The summed E-state index contributed by atoms with van der Waals surface area (Å²) in [4.78, 5) is 22.5. The van der Waals surface area contributed by atoms with E-state index in [0.717, 1.165) is 0 Å². The lowest BCUT2D eigenvalue weighted by atomic mass is 10.3. The molecule has 2 aromatic heterocycles. The van der Waals surface area contributed by atoms with E-state index < -0.39 is 5.91 Å². The average molecular weight is 234 g/mol. The number of rotatable bonds is 1. The first kappa shape index (κ1) is 10.7. The molecule has 2 heterocycles. The predicted octanol–water partition coefficient (Wildman–Crippen LogP) is -1.54. The zero-order valence-electron chi connectivity index (χ0n) is 8.64. The number of carbonyl (C=O) groups is 1. The van der Waals surface area contributed by atoms with Crippen molar-refractivity contribution in [2.75, 3.05) is 5.73 Å². The summed E-state index contributed by atoms with van der Waals surface area (Å²) < 4.78 is 0. The molecule has 88 valence electrons. The van der Waals surface area contributed by atoms with E-state index in [2.05, 4.69) is 25.4 Å². The third-order valence-corrected chi connectivity index (χ3v) is 2.01. The molecule has 0 spiro atoms. The molecule has 0 aliphatic carbocycles. The minimum Gasteiger partial charge on any atom is -0.382 e. The van der Waals surface area contributed by atoms with Gasteiger partial charge >= 0.3 is 0 Å². The molecule has 0 aliphatic rings. The van der Waals surface area contributed by atoms with E-state index in [0.29, 0.717) is 11.2 Å². The molecule has 0 bridgehead atoms. The quantitative estimate of drug-likeness (QED) is 0.174. The second-order valence-electron chi connectivity index (χ2n) is 3.14. The van der Waals surface area contributed by atoms with Gasteiger partial charge in [-0.1, -0.05) is 0 Å². The number of nitrogen functional groups attached to an aromatic ring is 1. The Bertz CT molecular complexity index is 601. The van der Waals surface area contributed by atoms with Gasteiger partial charge in [-0.2, -0.15) is 0 Å². The van der Waals surface area contributed by atoms with Crippen molar-refractivity contribution in [2.45, 2.75) is 0 Å². The summed E-state index contributed by atoms with van der Waals surface area (Å²) in [6.07, 6.45) is 1.64. The van der Waals surface area contributed by atoms with E-state index in [-0.39, 0.29) is 17.5 Å². The molecule has 0 aromatic carbocycles. The van der Waals surface area contributed by atoms with E-state index in [1.807, 2.05) is 0 Å². The highest BCUT2D eigenvalue weighted by molar-refractivity contribution is 6.07. The van der Waals surface area contributed by atoms with Crippen molar-refractivity contribution in [3.8, 4) is 0 Å². The Morgan fingerprint density at radius 2 is 2.24 bits per heavy atom. The van der Waals surface area contributed by atoms with Crippen LogP contribution in [0.3, 0.4) is 0 Å². The van der Waals surface area contributed by atoms with Crippen LogP contribution in [0.15, 0.2) is 17.4 Å². The molecule has 8 N–H and O–H groups in total. The fraction of sp³-hybridized carbons (Fsp3) is 0. The first-order valence-corrected chi connectivity index (χ1v) is 4.57. The Morgan fingerprint density at radius 1 is 1.47 bits per heavy atom. The lowest BCUT2D eigenvalue weighted by Crippen LogP contribution is -2.38. The molecule has 9 nitrogen and oxygen atoms in total. The van der Waals surface area contributed by atoms with Gasteiger partial charge in [-0.25, -0.2) is 9.97 Å². The summed E-state index contributed by atoms with van der Waals surface area (Å²) in [5.41, 5.74) is 11.8. The number of carbonyl (C=O) groups excluding carboxylic acids is 1. The largest absolute Gasteiger partial charge is 0.382 e. The number of aromatic amines is 1. The standard InChI is InChI=1S/C8H10N8O/c9-5-4(7(17)15-8(10)16-11)13-3-1-2-12-6(3)14-5/h1-2H,11H2,(H3,9,12,14)(H3,10,15,16,17). The van der Waals surface area contributed by atoms with Crippen molar-refractivity contribution in [1.82, 2.24) is 20.3 Å². The van der Waals surface area contributed by atoms with Gasteiger partial charge < -0.3 is 22.3 Å². The third-order valence-electron chi connectivity index (χ3n) is 2.01. The number of aromatic nitrogens is 3. The van der Waals surface area contributed by atoms with E-state index in [9.17, 15) is 4.79 Å². The molecule has 0 saturated heterocycles. The molecule has 0 atom stereocenters. The van der Waals surface area contributed by atoms with Crippen molar-refractivity contribution in [1.29, 1.82) is 0 Å². The van der Waals surface area contributed by atoms with Gasteiger partial charge in [-0.3, -0.25) is 10.1 Å². The Labute approximate surface area is 95.1 Å². The number of guanidine groups is 1. The van der Waals surface area contributed by atoms with Crippen molar-refractivity contribution < 1.29 is 4.79 Å². The van der Waals surface area contributed by atoms with Crippen molar-refractivity contribution in [3.05, 3.63) is 18.0 Å². The number of nitrogens with two attached hydrogens (primary N) is 3. The minimum absolute atomic E-state index is 0.0118. The number of H-pyrrole nitrogens is 1.